The Bertz CT molecular complexity index is 1460. The number of halogens is 2. The van der Waals surface area contributed by atoms with E-state index in [1.54, 1.807) is 31.3 Å². The Labute approximate surface area is 213 Å². The van der Waals surface area contributed by atoms with Gasteiger partial charge in [-0.2, -0.15) is 0 Å². The molecule has 0 saturated carbocycles. The smallest absolute Gasteiger partial charge is 0.277 e. The Kier molecular flexibility index (Phi) is 6.92. The number of aromatic nitrogens is 5. The molecule has 4 aromatic heterocycles. The lowest BCUT2D eigenvalue weighted by molar-refractivity contribution is 0.300. The van der Waals surface area contributed by atoms with E-state index in [9.17, 15) is 4.79 Å². The SMILES string of the molecule is Cc1cccc(COc2cc(C)n(-c3cc(-c4ccnc(C(C)(C)C)n4)ncc3Cl)c(=O)c2Cl)n1. The Morgan fingerprint density at radius 1 is 1.00 bits per heavy atom. The second-order valence-electron chi connectivity index (χ2n) is 9.20. The molecule has 35 heavy (non-hydrogen) atoms. The summed E-state index contributed by atoms with van der Waals surface area (Å²) >= 11 is 12.9. The summed E-state index contributed by atoms with van der Waals surface area (Å²) in [4.78, 5) is 31.2. The van der Waals surface area contributed by atoms with Crippen molar-refractivity contribution < 1.29 is 4.74 Å². The molecule has 9 heteroatoms. The number of hydrogen-bond acceptors (Lipinski definition) is 6. The summed E-state index contributed by atoms with van der Waals surface area (Å²) in [6.07, 6.45) is 3.20. The van der Waals surface area contributed by atoms with Crippen LogP contribution in [0.4, 0.5) is 0 Å². The van der Waals surface area contributed by atoms with E-state index in [4.69, 9.17) is 27.9 Å². The van der Waals surface area contributed by atoms with Crippen molar-refractivity contribution in [3.05, 3.63) is 92.1 Å². The van der Waals surface area contributed by atoms with Gasteiger partial charge in [0.05, 0.1) is 27.8 Å². The number of ether oxygens (including phenoxy) is 1. The van der Waals surface area contributed by atoms with Crippen molar-refractivity contribution in [2.75, 3.05) is 0 Å². The Morgan fingerprint density at radius 2 is 1.77 bits per heavy atom. The fourth-order valence-corrected chi connectivity index (χ4v) is 3.90. The van der Waals surface area contributed by atoms with Crippen LogP contribution in [0.3, 0.4) is 0 Å². The maximum atomic E-state index is 13.3. The van der Waals surface area contributed by atoms with Gasteiger partial charge >= 0.3 is 0 Å². The molecule has 0 aliphatic heterocycles. The molecule has 4 aromatic rings. The van der Waals surface area contributed by atoms with E-state index >= 15 is 0 Å². The van der Waals surface area contributed by atoms with Crippen molar-refractivity contribution in [3.63, 3.8) is 0 Å². The first-order valence-electron chi connectivity index (χ1n) is 11.0. The molecule has 7 nitrogen and oxygen atoms in total. The van der Waals surface area contributed by atoms with Crippen LogP contribution in [0.5, 0.6) is 5.75 Å². The van der Waals surface area contributed by atoms with Crippen LogP contribution in [0.15, 0.2) is 53.6 Å². The van der Waals surface area contributed by atoms with Crippen LogP contribution in [0.25, 0.3) is 17.1 Å². The predicted octanol–water partition coefficient (Wildman–Crippen LogP) is 5.88. The zero-order valence-electron chi connectivity index (χ0n) is 20.1. The third-order valence-electron chi connectivity index (χ3n) is 5.29. The topological polar surface area (TPSA) is 82.8 Å². The molecule has 0 saturated heterocycles. The van der Waals surface area contributed by atoms with E-state index in [0.717, 1.165) is 11.4 Å². The Hall–Kier alpha value is -3.29. The van der Waals surface area contributed by atoms with Crippen LogP contribution >= 0.6 is 23.2 Å². The molecular formula is C26H25Cl2N5O2. The van der Waals surface area contributed by atoms with Gasteiger partial charge in [0.25, 0.3) is 5.56 Å². The third-order valence-corrected chi connectivity index (χ3v) is 5.93. The van der Waals surface area contributed by atoms with Gasteiger partial charge in [-0.15, -0.1) is 0 Å². The Balaban J connectivity index is 1.72. The number of nitrogens with zero attached hydrogens (tertiary/aromatic N) is 5. The van der Waals surface area contributed by atoms with Gasteiger partial charge in [0.1, 0.15) is 23.2 Å². The summed E-state index contributed by atoms with van der Waals surface area (Å²) in [6.45, 7) is 9.99. The summed E-state index contributed by atoms with van der Waals surface area (Å²) in [6, 6.07) is 10.9. The second kappa shape index (κ2) is 9.76. The highest BCUT2D eigenvalue weighted by Gasteiger charge is 2.20. The normalized spacial score (nSPS) is 11.5. The second-order valence-corrected chi connectivity index (χ2v) is 9.99. The van der Waals surface area contributed by atoms with Gasteiger partial charge in [-0.1, -0.05) is 50.0 Å². The van der Waals surface area contributed by atoms with Gasteiger partial charge in [0.15, 0.2) is 0 Å². The number of hydrogen-bond donors (Lipinski definition) is 0. The van der Waals surface area contributed by atoms with Crippen LogP contribution in [-0.2, 0) is 12.0 Å². The van der Waals surface area contributed by atoms with Crippen molar-refractivity contribution in [2.24, 2.45) is 0 Å². The molecule has 0 fully saturated rings. The van der Waals surface area contributed by atoms with E-state index < -0.39 is 5.56 Å². The van der Waals surface area contributed by atoms with Crippen LogP contribution in [0, 0.1) is 13.8 Å². The predicted molar refractivity (Wildman–Crippen MR) is 138 cm³/mol. The Morgan fingerprint density at radius 3 is 2.49 bits per heavy atom. The molecule has 4 rings (SSSR count). The maximum Gasteiger partial charge on any atom is 0.277 e. The largest absolute Gasteiger partial charge is 0.485 e. The number of aryl methyl sites for hydroxylation is 2. The fourth-order valence-electron chi connectivity index (χ4n) is 3.52. The van der Waals surface area contributed by atoms with Gasteiger partial charge in [0.2, 0.25) is 0 Å². The zero-order valence-corrected chi connectivity index (χ0v) is 21.6. The van der Waals surface area contributed by atoms with Crippen LogP contribution in [0.1, 0.15) is 43.7 Å². The molecule has 0 bridgehead atoms. The van der Waals surface area contributed by atoms with Gasteiger partial charge in [-0.3, -0.25) is 19.3 Å². The highest BCUT2D eigenvalue weighted by molar-refractivity contribution is 6.33. The summed E-state index contributed by atoms with van der Waals surface area (Å²) in [5.41, 5.74) is 3.18. The minimum Gasteiger partial charge on any atom is -0.485 e. The molecule has 0 spiro atoms. The first-order valence-corrected chi connectivity index (χ1v) is 11.8. The first kappa shape index (κ1) is 24.8. The highest BCUT2D eigenvalue weighted by atomic mass is 35.5. The highest BCUT2D eigenvalue weighted by Crippen LogP contribution is 2.29. The summed E-state index contributed by atoms with van der Waals surface area (Å²) in [5.74, 6) is 0.971. The maximum absolute atomic E-state index is 13.3. The van der Waals surface area contributed by atoms with E-state index in [2.05, 4.69) is 19.9 Å². The number of rotatable bonds is 5. The van der Waals surface area contributed by atoms with E-state index in [-0.39, 0.29) is 22.8 Å². The molecule has 0 atom stereocenters. The van der Waals surface area contributed by atoms with Gasteiger partial charge in [0, 0.05) is 35.3 Å². The van der Waals surface area contributed by atoms with Crippen LogP contribution < -0.4 is 10.3 Å². The van der Waals surface area contributed by atoms with Crippen molar-refractivity contribution in [3.8, 4) is 22.8 Å². The lowest BCUT2D eigenvalue weighted by atomic mass is 9.95. The molecule has 0 amide bonds. The molecule has 0 N–H and O–H groups in total. The van der Waals surface area contributed by atoms with Crippen molar-refractivity contribution in [1.29, 1.82) is 0 Å². The molecular weight excluding hydrogens is 485 g/mol. The molecule has 0 aromatic carbocycles. The molecule has 0 radical (unpaired) electrons. The summed E-state index contributed by atoms with van der Waals surface area (Å²) in [7, 11) is 0. The summed E-state index contributed by atoms with van der Waals surface area (Å²) in [5, 5.41) is 0.257. The zero-order chi connectivity index (χ0) is 25.3. The monoisotopic (exact) mass is 509 g/mol. The number of pyridine rings is 3. The van der Waals surface area contributed by atoms with E-state index in [0.29, 0.717) is 33.6 Å². The first-order chi connectivity index (χ1) is 16.5. The summed E-state index contributed by atoms with van der Waals surface area (Å²) < 4.78 is 7.27. The van der Waals surface area contributed by atoms with Crippen LogP contribution in [-0.4, -0.2) is 24.5 Å². The van der Waals surface area contributed by atoms with Crippen molar-refractivity contribution in [1.82, 2.24) is 24.5 Å². The van der Waals surface area contributed by atoms with Gasteiger partial charge in [-0.25, -0.2) is 9.97 Å². The van der Waals surface area contributed by atoms with Gasteiger partial charge in [-0.05, 0) is 38.1 Å². The molecule has 4 heterocycles. The molecule has 0 aliphatic carbocycles. The fraction of sp³-hybridized carbons (Fsp3) is 0.269. The molecule has 0 aliphatic rings. The minimum absolute atomic E-state index is 0.0465. The average molecular weight is 510 g/mol. The lowest BCUT2D eigenvalue weighted by Gasteiger charge is -2.18. The molecule has 0 unspecified atom stereocenters. The quantitative estimate of drug-likeness (QED) is 0.333. The van der Waals surface area contributed by atoms with Gasteiger partial charge < -0.3 is 4.74 Å². The average Bonchev–Trinajstić information content (AvgIpc) is 2.81. The van der Waals surface area contributed by atoms with E-state index in [1.165, 1.54) is 10.8 Å². The standard InChI is InChI=1S/C26H25Cl2N5O2/c1-15-7-6-8-17(31-15)14-35-22-11-16(2)33(24(34)23(22)28)21-12-20(30-13-18(21)27)19-9-10-29-25(32-19)26(3,4)5/h6-13H,14H2,1-5H3. The minimum atomic E-state index is -0.448. The van der Waals surface area contributed by atoms with Crippen molar-refractivity contribution >= 4 is 23.2 Å². The third kappa shape index (κ3) is 5.36. The lowest BCUT2D eigenvalue weighted by Crippen LogP contribution is -2.22. The van der Waals surface area contributed by atoms with Crippen LogP contribution in [0.2, 0.25) is 10.0 Å². The molecule has 180 valence electrons. The van der Waals surface area contributed by atoms with Crippen molar-refractivity contribution in [2.45, 2.75) is 46.6 Å². The van der Waals surface area contributed by atoms with E-state index in [1.807, 2.05) is 45.9 Å².